The molecule has 1 saturated heterocycles. The van der Waals surface area contributed by atoms with Gasteiger partial charge in [-0.15, -0.1) is 0 Å². The number of hydrogen-bond acceptors (Lipinski definition) is 2. The van der Waals surface area contributed by atoms with E-state index < -0.39 is 0 Å². The lowest BCUT2D eigenvalue weighted by Crippen LogP contribution is -2.29. The van der Waals surface area contributed by atoms with Crippen LogP contribution in [0.3, 0.4) is 0 Å². The summed E-state index contributed by atoms with van der Waals surface area (Å²) >= 11 is 0. The van der Waals surface area contributed by atoms with E-state index in [-0.39, 0.29) is 5.91 Å². The van der Waals surface area contributed by atoms with E-state index in [2.05, 4.69) is 31.4 Å². The molecule has 3 nitrogen and oxygen atoms in total. The second kappa shape index (κ2) is 5.50. The Hall–Kier alpha value is -0.570. The second-order valence-corrected chi connectivity index (χ2v) is 5.72. The molecule has 1 fully saturated rings. The van der Waals surface area contributed by atoms with Crippen molar-refractivity contribution in [1.82, 2.24) is 10.6 Å². The minimum atomic E-state index is 0.216. The zero-order valence-electron chi connectivity index (χ0n) is 10.2. The van der Waals surface area contributed by atoms with Crippen molar-refractivity contribution in [3.05, 3.63) is 0 Å². The van der Waals surface area contributed by atoms with E-state index >= 15 is 0 Å². The summed E-state index contributed by atoms with van der Waals surface area (Å²) in [4.78, 5) is 11.5. The minimum Gasteiger partial charge on any atom is -0.356 e. The van der Waals surface area contributed by atoms with E-state index in [1.54, 1.807) is 0 Å². The lowest BCUT2D eigenvalue weighted by Gasteiger charge is -2.18. The molecule has 1 atom stereocenters. The molecule has 1 heterocycles. The number of rotatable bonds is 4. The average molecular weight is 212 g/mol. The molecular weight excluding hydrogens is 188 g/mol. The van der Waals surface area contributed by atoms with E-state index in [1.807, 2.05) is 0 Å². The molecule has 0 saturated carbocycles. The highest BCUT2D eigenvalue weighted by molar-refractivity contribution is 5.76. The summed E-state index contributed by atoms with van der Waals surface area (Å²) in [5.74, 6) is 0.771. The molecule has 0 radical (unpaired) electrons. The minimum absolute atomic E-state index is 0.216. The number of nitrogens with one attached hydrogen (secondary N) is 2. The Morgan fingerprint density at radius 2 is 2.20 bits per heavy atom. The summed E-state index contributed by atoms with van der Waals surface area (Å²) in [7, 11) is 0. The molecule has 1 aliphatic rings. The summed E-state index contributed by atoms with van der Waals surface area (Å²) in [5.41, 5.74) is 0.308. The molecule has 0 aromatic carbocycles. The Morgan fingerprint density at radius 1 is 1.47 bits per heavy atom. The van der Waals surface area contributed by atoms with Crippen LogP contribution in [0.4, 0.5) is 0 Å². The van der Waals surface area contributed by atoms with Crippen LogP contribution >= 0.6 is 0 Å². The lowest BCUT2D eigenvalue weighted by molar-refractivity contribution is -0.121. The highest BCUT2D eigenvalue weighted by atomic mass is 16.1. The van der Waals surface area contributed by atoms with Crippen LogP contribution in [0, 0.1) is 11.3 Å². The van der Waals surface area contributed by atoms with Gasteiger partial charge in [0.25, 0.3) is 0 Å². The maximum atomic E-state index is 11.5. The third kappa shape index (κ3) is 5.78. The third-order valence-corrected chi connectivity index (χ3v) is 2.83. The Kier molecular flexibility index (Phi) is 4.58. The number of amides is 1. The standard InChI is InChI=1S/C12H24N2O/c1-12(2,3)5-7-14-11(15)8-10-4-6-13-9-10/h10,13H,4-9H2,1-3H3,(H,14,15). The topological polar surface area (TPSA) is 41.1 Å². The Morgan fingerprint density at radius 3 is 2.73 bits per heavy atom. The van der Waals surface area contributed by atoms with Gasteiger partial charge in [0, 0.05) is 13.0 Å². The van der Waals surface area contributed by atoms with Gasteiger partial charge < -0.3 is 10.6 Å². The molecule has 88 valence electrons. The first-order chi connectivity index (χ1) is 6.97. The van der Waals surface area contributed by atoms with Crippen molar-refractivity contribution in [2.45, 2.75) is 40.0 Å². The normalized spacial score (nSPS) is 21.7. The maximum Gasteiger partial charge on any atom is 0.220 e. The molecular formula is C12H24N2O. The molecule has 0 aromatic rings. The Bertz CT molecular complexity index is 202. The first-order valence-electron chi connectivity index (χ1n) is 5.95. The largest absolute Gasteiger partial charge is 0.356 e. The Balaban J connectivity index is 2.08. The predicted octanol–water partition coefficient (Wildman–Crippen LogP) is 1.54. The van der Waals surface area contributed by atoms with Crippen LogP contribution in [-0.4, -0.2) is 25.5 Å². The van der Waals surface area contributed by atoms with Crippen molar-refractivity contribution >= 4 is 5.91 Å². The highest BCUT2D eigenvalue weighted by Crippen LogP contribution is 2.17. The highest BCUT2D eigenvalue weighted by Gasteiger charge is 2.18. The first-order valence-corrected chi connectivity index (χ1v) is 5.95. The van der Waals surface area contributed by atoms with Gasteiger partial charge in [0.05, 0.1) is 0 Å². The number of hydrogen-bond donors (Lipinski definition) is 2. The predicted molar refractivity (Wildman–Crippen MR) is 62.7 cm³/mol. The Labute approximate surface area is 93.0 Å². The van der Waals surface area contributed by atoms with Gasteiger partial charge in [-0.3, -0.25) is 4.79 Å². The summed E-state index contributed by atoms with van der Waals surface area (Å²) in [6.07, 6.45) is 2.88. The summed E-state index contributed by atoms with van der Waals surface area (Å²) in [5, 5.41) is 6.28. The number of carbonyl (C=O) groups excluding carboxylic acids is 1. The summed E-state index contributed by atoms with van der Waals surface area (Å²) in [6, 6.07) is 0. The molecule has 3 heteroatoms. The molecule has 0 spiro atoms. The molecule has 15 heavy (non-hydrogen) atoms. The van der Waals surface area contributed by atoms with E-state index in [9.17, 15) is 4.79 Å². The van der Waals surface area contributed by atoms with Crippen molar-refractivity contribution in [3.8, 4) is 0 Å². The molecule has 1 rings (SSSR count). The molecule has 0 aromatic heterocycles. The van der Waals surface area contributed by atoms with Crippen LogP contribution in [-0.2, 0) is 4.79 Å². The van der Waals surface area contributed by atoms with Crippen LogP contribution in [0.5, 0.6) is 0 Å². The fourth-order valence-electron chi connectivity index (χ4n) is 1.80. The molecule has 1 unspecified atom stereocenters. The molecule has 0 aliphatic carbocycles. The van der Waals surface area contributed by atoms with E-state index in [4.69, 9.17) is 0 Å². The molecule has 2 N–H and O–H groups in total. The van der Waals surface area contributed by atoms with Crippen molar-refractivity contribution < 1.29 is 4.79 Å². The summed E-state index contributed by atoms with van der Waals surface area (Å²) < 4.78 is 0. The van der Waals surface area contributed by atoms with Gasteiger partial charge in [0.1, 0.15) is 0 Å². The van der Waals surface area contributed by atoms with E-state index in [0.29, 0.717) is 17.8 Å². The van der Waals surface area contributed by atoms with Crippen molar-refractivity contribution in [3.63, 3.8) is 0 Å². The lowest BCUT2D eigenvalue weighted by atomic mass is 9.92. The van der Waals surface area contributed by atoms with Crippen LogP contribution in [0.1, 0.15) is 40.0 Å². The van der Waals surface area contributed by atoms with Crippen LogP contribution in [0.25, 0.3) is 0 Å². The second-order valence-electron chi connectivity index (χ2n) is 5.72. The molecule has 1 aliphatic heterocycles. The fourth-order valence-corrected chi connectivity index (χ4v) is 1.80. The van der Waals surface area contributed by atoms with Gasteiger partial charge in [-0.1, -0.05) is 20.8 Å². The monoisotopic (exact) mass is 212 g/mol. The van der Waals surface area contributed by atoms with Crippen molar-refractivity contribution in [2.24, 2.45) is 11.3 Å². The first kappa shape index (κ1) is 12.5. The fraction of sp³-hybridized carbons (Fsp3) is 0.917. The van der Waals surface area contributed by atoms with Crippen molar-refractivity contribution in [1.29, 1.82) is 0 Å². The number of carbonyl (C=O) groups is 1. The van der Waals surface area contributed by atoms with Gasteiger partial charge in [-0.05, 0) is 37.3 Å². The molecule has 0 bridgehead atoms. The maximum absolute atomic E-state index is 11.5. The average Bonchev–Trinajstić information content (AvgIpc) is 2.54. The zero-order valence-corrected chi connectivity index (χ0v) is 10.2. The third-order valence-electron chi connectivity index (χ3n) is 2.83. The van der Waals surface area contributed by atoms with E-state index in [1.165, 1.54) is 0 Å². The van der Waals surface area contributed by atoms with Crippen molar-refractivity contribution in [2.75, 3.05) is 19.6 Å². The van der Waals surface area contributed by atoms with Gasteiger partial charge in [-0.25, -0.2) is 0 Å². The van der Waals surface area contributed by atoms with Crippen LogP contribution in [0.15, 0.2) is 0 Å². The van der Waals surface area contributed by atoms with Gasteiger partial charge in [0.2, 0.25) is 5.91 Å². The van der Waals surface area contributed by atoms with Gasteiger partial charge >= 0.3 is 0 Å². The quantitative estimate of drug-likeness (QED) is 0.742. The van der Waals surface area contributed by atoms with Crippen LogP contribution < -0.4 is 10.6 Å². The van der Waals surface area contributed by atoms with Gasteiger partial charge in [-0.2, -0.15) is 0 Å². The van der Waals surface area contributed by atoms with E-state index in [0.717, 1.165) is 32.5 Å². The SMILES string of the molecule is CC(C)(C)CCNC(=O)CC1CCNC1. The van der Waals surface area contributed by atoms with Gasteiger partial charge in [0.15, 0.2) is 0 Å². The van der Waals surface area contributed by atoms with Crippen LogP contribution in [0.2, 0.25) is 0 Å². The molecule has 1 amide bonds. The smallest absolute Gasteiger partial charge is 0.220 e. The summed E-state index contributed by atoms with van der Waals surface area (Å²) in [6.45, 7) is 9.47. The zero-order chi connectivity index (χ0) is 11.3.